The van der Waals surface area contributed by atoms with Crippen LogP contribution in [0.15, 0.2) is 12.3 Å². The lowest BCUT2D eigenvalue weighted by Crippen LogP contribution is -3.09. The molecule has 0 rings (SSSR count). The Morgan fingerprint density at radius 3 is 2.89 bits per heavy atom. The summed E-state index contributed by atoms with van der Waals surface area (Å²) in [5.74, 6) is 0. The first kappa shape index (κ1) is 8.58. The van der Waals surface area contributed by atoms with Gasteiger partial charge in [0.1, 0.15) is 6.20 Å². The van der Waals surface area contributed by atoms with Crippen molar-refractivity contribution in [3.05, 3.63) is 17.5 Å². The normalized spacial score (nSPS) is 14.6. The molecule has 0 aliphatic rings. The molecule has 1 unspecified atom stereocenters. The lowest BCUT2D eigenvalue weighted by atomic mass is 10.6. The number of hydrogen-bond donors (Lipinski definition) is 2. The summed E-state index contributed by atoms with van der Waals surface area (Å²) < 4.78 is 4.67. The third-order valence-corrected chi connectivity index (χ3v) is 0.779. The fourth-order valence-electron chi connectivity index (χ4n) is 0.335. The van der Waals surface area contributed by atoms with E-state index >= 15 is 0 Å². The van der Waals surface area contributed by atoms with E-state index in [2.05, 4.69) is 10.2 Å². The van der Waals surface area contributed by atoms with Crippen molar-refractivity contribution in [2.45, 2.75) is 0 Å². The molecule has 0 spiro atoms. The first-order valence-electron chi connectivity index (χ1n) is 2.68. The molecule has 9 heavy (non-hydrogen) atoms. The molecule has 0 radical (unpaired) electrons. The molecule has 0 heterocycles. The molecule has 0 aromatic rings. The van der Waals surface area contributed by atoms with Gasteiger partial charge in [-0.2, -0.15) is 5.43 Å². The van der Waals surface area contributed by atoms with Crippen LogP contribution < -0.4 is 10.6 Å². The maximum atomic E-state index is 10.4. The Hall–Kier alpha value is -0.420. The highest BCUT2D eigenvalue weighted by Crippen LogP contribution is 1.64. The van der Waals surface area contributed by atoms with E-state index in [-0.39, 0.29) is 5.17 Å². The van der Waals surface area contributed by atoms with Crippen LogP contribution in [-0.2, 0) is 4.74 Å². The van der Waals surface area contributed by atoms with E-state index in [9.17, 15) is 5.21 Å². The van der Waals surface area contributed by atoms with Crippen LogP contribution in [0.4, 0.5) is 0 Å². The van der Waals surface area contributed by atoms with Crippen LogP contribution in [0.5, 0.6) is 0 Å². The molecule has 0 aromatic heterocycles. The molecular weight excluding hydrogens is 120 g/mol. The van der Waals surface area contributed by atoms with Crippen LogP contribution >= 0.6 is 0 Å². The number of methoxy groups -OCH3 is 1. The first-order chi connectivity index (χ1) is 4.31. The van der Waals surface area contributed by atoms with E-state index in [1.54, 1.807) is 20.2 Å². The van der Waals surface area contributed by atoms with Gasteiger partial charge in [0, 0.05) is 14.2 Å². The van der Waals surface area contributed by atoms with Crippen molar-refractivity contribution >= 4 is 0 Å². The molecule has 0 saturated carbocycles. The Morgan fingerprint density at radius 1 is 1.78 bits per heavy atom. The number of hydroxylamine groups is 1. The monoisotopic (exact) mass is 132 g/mol. The minimum absolute atomic E-state index is 0.105. The average molecular weight is 132 g/mol. The first-order valence-corrected chi connectivity index (χ1v) is 2.68. The molecule has 1 atom stereocenters. The molecule has 0 fully saturated rings. The standard InChI is InChI=1S/C5H12N2O2/c1-6-7(8)4-3-5-9-2/h3-4,6-7H,5H2,1-2H3/b4-3-. The third-order valence-electron chi connectivity index (χ3n) is 0.779. The van der Waals surface area contributed by atoms with Gasteiger partial charge in [0.2, 0.25) is 0 Å². The zero-order valence-electron chi connectivity index (χ0n) is 5.68. The fourth-order valence-corrected chi connectivity index (χ4v) is 0.335. The van der Waals surface area contributed by atoms with Gasteiger partial charge in [0.05, 0.1) is 6.61 Å². The van der Waals surface area contributed by atoms with Crippen LogP contribution in [0.2, 0.25) is 0 Å². The fraction of sp³-hybridized carbons (Fsp3) is 0.600. The van der Waals surface area contributed by atoms with Gasteiger partial charge < -0.3 is 9.94 Å². The summed E-state index contributed by atoms with van der Waals surface area (Å²) in [5.41, 5.74) is 2.44. The van der Waals surface area contributed by atoms with E-state index in [4.69, 9.17) is 0 Å². The average Bonchev–Trinajstić information content (AvgIpc) is 1.89. The topological polar surface area (TPSA) is 48.8 Å². The minimum Gasteiger partial charge on any atom is -0.608 e. The van der Waals surface area contributed by atoms with Crippen molar-refractivity contribution < 1.29 is 9.91 Å². The lowest BCUT2D eigenvalue weighted by molar-refractivity contribution is -0.839. The Morgan fingerprint density at radius 2 is 2.44 bits per heavy atom. The summed E-state index contributed by atoms with van der Waals surface area (Å²) in [6.45, 7) is 0.480. The highest BCUT2D eigenvalue weighted by atomic mass is 16.5. The van der Waals surface area contributed by atoms with Gasteiger partial charge in [-0.1, -0.05) is 0 Å². The maximum Gasteiger partial charge on any atom is 0.112 e. The molecule has 4 heteroatoms. The number of ether oxygens (including phenoxy) is 1. The molecule has 2 N–H and O–H groups in total. The summed E-state index contributed by atoms with van der Waals surface area (Å²) in [6, 6.07) is 0. The highest BCUT2D eigenvalue weighted by Gasteiger charge is 1.79. The second-order valence-electron chi connectivity index (χ2n) is 1.47. The summed E-state index contributed by atoms with van der Waals surface area (Å²) >= 11 is 0. The third kappa shape index (κ3) is 5.45. The van der Waals surface area contributed by atoms with E-state index in [1.807, 2.05) is 0 Å². The predicted molar refractivity (Wildman–Crippen MR) is 34.4 cm³/mol. The summed E-state index contributed by atoms with van der Waals surface area (Å²) in [5, 5.41) is 10.3. The number of quaternary nitrogens is 1. The molecule has 54 valence electrons. The summed E-state index contributed by atoms with van der Waals surface area (Å²) in [6.07, 6.45) is 3.09. The van der Waals surface area contributed by atoms with Gasteiger partial charge >= 0.3 is 0 Å². The van der Waals surface area contributed by atoms with Gasteiger partial charge in [-0.15, -0.1) is 0 Å². The van der Waals surface area contributed by atoms with Gasteiger partial charge in [-0.3, -0.25) is 5.17 Å². The Bertz CT molecular complexity index is 85.0. The maximum absolute atomic E-state index is 10.4. The predicted octanol–water partition coefficient (Wildman–Crippen LogP) is -1.34. The Labute approximate surface area is 54.7 Å². The zero-order chi connectivity index (χ0) is 7.11. The molecule has 0 aliphatic heterocycles. The second kappa shape index (κ2) is 5.71. The molecule has 0 saturated heterocycles. The smallest absolute Gasteiger partial charge is 0.112 e. The van der Waals surface area contributed by atoms with Crippen molar-refractivity contribution in [2.75, 3.05) is 20.8 Å². The van der Waals surface area contributed by atoms with Crippen molar-refractivity contribution in [1.29, 1.82) is 0 Å². The minimum atomic E-state index is -0.105. The zero-order valence-corrected chi connectivity index (χ0v) is 5.68. The van der Waals surface area contributed by atoms with Crippen molar-refractivity contribution in [3.8, 4) is 0 Å². The van der Waals surface area contributed by atoms with Crippen LogP contribution in [0.1, 0.15) is 0 Å². The lowest BCUT2D eigenvalue weighted by Gasteiger charge is -2.13. The van der Waals surface area contributed by atoms with E-state index in [1.165, 1.54) is 6.20 Å². The van der Waals surface area contributed by atoms with Crippen LogP contribution in [0.3, 0.4) is 0 Å². The van der Waals surface area contributed by atoms with E-state index < -0.39 is 0 Å². The molecule has 0 bridgehead atoms. The largest absolute Gasteiger partial charge is 0.608 e. The second-order valence-corrected chi connectivity index (χ2v) is 1.47. The quantitative estimate of drug-likeness (QED) is 0.466. The van der Waals surface area contributed by atoms with Gasteiger partial charge in [0.15, 0.2) is 0 Å². The van der Waals surface area contributed by atoms with Gasteiger partial charge in [-0.25, -0.2) is 0 Å². The number of rotatable bonds is 4. The van der Waals surface area contributed by atoms with Gasteiger partial charge in [0.25, 0.3) is 0 Å². The highest BCUT2D eigenvalue weighted by molar-refractivity contribution is 4.70. The van der Waals surface area contributed by atoms with Crippen LogP contribution in [0, 0.1) is 5.21 Å². The summed E-state index contributed by atoms with van der Waals surface area (Å²) in [7, 11) is 3.16. The van der Waals surface area contributed by atoms with Crippen LogP contribution in [0.25, 0.3) is 0 Å². The molecule has 0 aromatic carbocycles. The Balaban J connectivity index is 3.20. The molecule has 4 nitrogen and oxygen atoms in total. The molecular formula is C5H12N2O2. The van der Waals surface area contributed by atoms with E-state index in [0.717, 1.165) is 0 Å². The van der Waals surface area contributed by atoms with Crippen molar-refractivity contribution in [1.82, 2.24) is 5.43 Å². The number of nitrogens with one attached hydrogen (secondary N) is 2. The summed E-state index contributed by atoms with van der Waals surface area (Å²) in [4.78, 5) is 0. The molecule has 0 aliphatic carbocycles. The Kier molecular flexibility index (Phi) is 5.45. The van der Waals surface area contributed by atoms with Crippen molar-refractivity contribution in [2.24, 2.45) is 0 Å². The molecule has 0 amide bonds. The van der Waals surface area contributed by atoms with Crippen molar-refractivity contribution in [3.63, 3.8) is 0 Å². The van der Waals surface area contributed by atoms with Gasteiger partial charge in [-0.05, 0) is 6.08 Å². The number of hydrogen-bond acceptors (Lipinski definition) is 3. The van der Waals surface area contributed by atoms with Crippen LogP contribution in [-0.4, -0.2) is 20.8 Å². The SMILES string of the molecule is CN[NH+]([O-])/C=C\COC. The van der Waals surface area contributed by atoms with E-state index in [0.29, 0.717) is 6.61 Å².